The molecule has 1 unspecified atom stereocenters. The number of ether oxygens (including phenoxy) is 1. The monoisotopic (exact) mass is 460 g/mol. The SMILES string of the molecule is Cc1nccn1-c1ccc(N2CCCC(C(=O)NCc3ccccc3OC(F)(F)F)C2)nn1. The van der Waals surface area contributed by atoms with Crippen molar-refractivity contribution in [2.24, 2.45) is 5.92 Å². The van der Waals surface area contributed by atoms with Crippen molar-refractivity contribution in [3.05, 3.63) is 60.2 Å². The largest absolute Gasteiger partial charge is 0.573 e. The lowest BCUT2D eigenvalue weighted by atomic mass is 9.97. The van der Waals surface area contributed by atoms with Crippen LogP contribution in [0.3, 0.4) is 0 Å². The number of alkyl halides is 3. The summed E-state index contributed by atoms with van der Waals surface area (Å²) in [6.45, 7) is 3.01. The molecule has 1 N–H and O–H groups in total. The van der Waals surface area contributed by atoms with Gasteiger partial charge in [0.1, 0.15) is 11.6 Å². The molecular weight excluding hydrogens is 437 g/mol. The predicted molar refractivity (Wildman–Crippen MR) is 114 cm³/mol. The maximum absolute atomic E-state index is 12.7. The van der Waals surface area contributed by atoms with E-state index in [0.29, 0.717) is 24.6 Å². The quantitative estimate of drug-likeness (QED) is 0.607. The number of aromatic nitrogens is 4. The number of imidazole rings is 1. The molecule has 8 nitrogen and oxygen atoms in total. The van der Waals surface area contributed by atoms with Crippen LogP contribution < -0.4 is 15.0 Å². The van der Waals surface area contributed by atoms with Crippen molar-refractivity contribution in [3.8, 4) is 11.6 Å². The van der Waals surface area contributed by atoms with Gasteiger partial charge in [0.25, 0.3) is 0 Å². The van der Waals surface area contributed by atoms with Gasteiger partial charge in [0.15, 0.2) is 11.6 Å². The number of nitrogens with one attached hydrogen (secondary N) is 1. The molecule has 1 aromatic carbocycles. The van der Waals surface area contributed by atoms with Gasteiger partial charge >= 0.3 is 6.36 Å². The Balaban J connectivity index is 1.37. The third kappa shape index (κ3) is 5.60. The molecule has 1 atom stereocenters. The Morgan fingerprint density at radius 3 is 2.64 bits per heavy atom. The van der Waals surface area contributed by atoms with E-state index in [4.69, 9.17) is 0 Å². The maximum atomic E-state index is 12.7. The smallest absolute Gasteiger partial charge is 0.405 e. The molecule has 4 rings (SSSR count). The lowest BCUT2D eigenvalue weighted by Crippen LogP contribution is -2.43. The van der Waals surface area contributed by atoms with Crippen LogP contribution in [0.4, 0.5) is 19.0 Å². The Morgan fingerprint density at radius 2 is 1.94 bits per heavy atom. The first-order valence-electron chi connectivity index (χ1n) is 10.5. The molecule has 11 heteroatoms. The van der Waals surface area contributed by atoms with Crippen LogP contribution in [0.15, 0.2) is 48.8 Å². The van der Waals surface area contributed by atoms with Gasteiger partial charge < -0.3 is 15.0 Å². The van der Waals surface area contributed by atoms with Crippen molar-refractivity contribution < 1.29 is 22.7 Å². The molecule has 1 amide bonds. The molecule has 2 aromatic heterocycles. The molecule has 1 saturated heterocycles. The van der Waals surface area contributed by atoms with E-state index in [2.05, 4.69) is 25.2 Å². The van der Waals surface area contributed by atoms with Crippen LogP contribution in [0.25, 0.3) is 5.82 Å². The fraction of sp³-hybridized carbons (Fsp3) is 0.364. The number of carbonyl (C=O) groups is 1. The molecule has 1 aliphatic rings. The molecule has 0 saturated carbocycles. The number of hydrogen-bond donors (Lipinski definition) is 1. The van der Waals surface area contributed by atoms with Crippen LogP contribution in [0, 0.1) is 12.8 Å². The molecular formula is C22H23F3N6O2. The minimum Gasteiger partial charge on any atom is -0.405 e. The number of halogens is 3. The number of aryl methyl sites for hydroxylation is 1. The Morgan fingerprint density at radius 1 is 1.18 bits per heavy atom. The fourth-order valence-corrected chi connectivity index (χ4v) is 3.84. The highest BCUT2D eigenvalue weighted by Crippen LogP contribution is 2.27. The van der Waals surface area contributed by atoms with E-state index in [-0.39, 0.29) is 29.7 Å². The number of para-hydroxylation sites is 1. The summed E-state index contributed by atoms with van der Waals surface area (Å²) in [5.41, 5.74) is 0.257. The first-order chi connectivity index (χ1) is 15.8. The van der Waals surface area contributed by atoms with Gasteiger partial charge in [-0.2, -0.15) is 0 Å². The van der Waals surface area contributed by atoms with Crippen LogP contribution in [-0.4, -0.2) is 45.1 Å². The Bertz CT molecular complexity index is 1100. The summed E-state index contributed by atoms with van der Waals surface area (Å²) in [4.78, 5) is 18.9. The Hall–Kier alpha value is -3.63. The number of hydrogen-bond acceptors (Lipinski definition) is 6. The van der Waals surface area contributed by atoms with Gasteiger partial charge in [-0.3, -0.25) is 9.36 Å². The maximum Gasteiger partial charge on any atom is 0.573 e. The standard InChI is InChI=1S/C22H23F3N6O2/c1-15-26-10-12-31(15)20-9-8-19(28-29-20)30-11-4-6-17(14-30)21(32)27-13-16-5-2-3-7-18(16)33-22(23,24)25/h2-3,5,7-10,12,17H,4,6,11,13-14H2,1H3,(H,27,32). The van der Waals surface area contributed by atoms with Gasteiger partial charge in [0.05, 0.1) is 5.92 Å². The average molecular weight is 460 g/mol. The number of rotatable bonds is 6. The highest BCUT2D eigenvalue weighted by molar-refractivity contribution is 5.79. The van der Waals surface area contributed by atoms with Crippen LogP contribution in [0.2, 0.25) is 0 Å². The fourth-order valence-electron chi connectivity index (χ4n) is 3.84. The number of piperidine rings is 1. The van der Waals surface area contributed by atoms with Crippen molar-refractivity contribution in [1.29, 1.82) is 0 Å². The normalized spacial score (nSPS) is 16.5. The summed E-state index contributed by atoms with van der Waals surface area (Å²) >= 11 is 0. The second-order valence-electron chi connectivity index (χ2n) is 7.75. The molecule has 174 valence electrons. The van der Waals surface area contributed by atoms with Crippen molar-refractivity contribution in [2.75, 3.05) is 18.0 Å². The first-order valence-corrected chi connectivity index (χ1v) is 10.5. The molecule has 0 bridgehead atoms. The van der Waals surface area contributed by atoms with Crippen molar-refractivity contribution in [2.45, 2.75) is 32.7 Å². The minimum absolute atomic E-state index is 0.0552. The number of nitrogens with zero attached hydrogens (tertiary/aromatic N) is 5. The third-order valence-corrected chi connectivity index (χ3v) is 5.48. The van der Waals surface area contributed by atoms with E-state index >= 15 is 0 Å². The summed E-state index contributed by atoms with van der Waals surface area (Å²) in [6, 6.07) is 9.47. The van der Waals surface area contributed by atoms with Gasteiger partial charge in [0.2, 0.25) is 5.91 Å². The summed E-state index contributed by atoms with van der Waals surface area (Å²) in [6.07, 6.45) is 0.167. The highest BCUT2D eigenvalue weighted by Gasteiger charge is 2.32. The van der Waals surface area contributed by atoms with E-state index in [1.807, 2.05) is 28.5 Å². The lowest BCUT2D eigenvalue weighted by Gasteiger charge is -2.32. The topological polar surface area (TPSA) is 85.2 Å². The highest BCUT2D eigenvalue weighted by atomic mass is 19.4. The molecule has 1 fully saturated rings. The summed E-state index contributed by atoms with van der Waals surface area (Å²) in [5.74, 6) is 1.26. The third-order valence-electron chi connectivity index (χ3n) is 5.48. The van der Waals surface area contributed by atoms with Gasteiger partial charge in [-0.05, 0) is 38.0 Å². The van der Waals surface area contributed by atoms with Crippen LogP contribution >= 0.6 is 0 Å². The predicted octanol–water partition coefficient (Wildman–Crippen LogP) is 3.40. The molecule has 0 aliphatic carbocycles. The van der Waals surface area contributed by atoms with E-state index in [0.717, 1.165) is 18.8 Å². The molecule has 1 aliphatic heterocycles. The Labute approximate surface area is 188 Å². The van der Waals surface area contributed by atoms with Crippen LogP contribution in [-0.2, 0) is 11.3 Å². The summed E-state index contributed by atoms with van der Waals surface area (Å²) < 4.78 is 43.7. The average Bonchev–Trinajstić information content (AvgIpc) is 3.23. The van der Waals surface area contributed by atoms with Crippen LogP contribution in [0.5, 0.6) is 5.75 Å². The molecule has 3 aromatic rings. The van der Waals surface area contributed by atoms with Gasteiger partial charge in [-0.25, -0.2) is 4.98 Å². The molecule has 0 radical (unpaired) electrons. The molecule has 0 spiro atoms. The second-order valence-corrected chi connectivity index (χ2v) is 7.75. The van der Waals surface area contributed by atoms with E-state index in [1.165, 1.54) is 18.2 Å². The van der Waals surface area contributed by atoms with Crippen LogP contribution in [0.1, 0.15) is 24.2 Å². The zero-order chi connectivity index (χ0) is 23.4. The van der Waals surface area contributed by atoms with Crippen molar-refractivity contribution in [1.82, 2.24) is 25.1 Å². The number of anilines is 1. The summed E-state index contributed by atoms with van der Waals surface area (Å²) in [5, 5.41) is 11.3. The molecule has 33 heavy (non-hydrogen) atoms. The molecule has 3 heterocycles. The number of benzene rings is 1. The zero-order valence-corrected chi connectivity index (χ0v) is 17.9. The van der Waals surface area contributed by atoms with Crippen molar-refractivity contribution >= 4 is 11.7 Å². The minimum atomic E-state index is -4.79. The van der Waals surface area contributed by atoms with Crippen molar-refractivity contribution in [3.63, 3.8) is 0 Å². The lowest BCUT2D eigenvalue weighted by molar-refractivity contribution is -0.274. The second kappa shape index (κ2) is 9.47. The summed E-state index contributed by atoms with van der Waals surface area (Å²) in [7, 11) is 0. The number of amides is 1. The van der Waals surface area contributed by atoms with E-state index < -0.39 is 6.36 Å². The van der Waals surface area contributed by atoms with Gasteiger partial charge in [0, 0.05) is 37.6 Å². The zero-order valence-electron chi connectivity index (χ0n) is 17.9. The first kappa shape index (κ1) is 22.6. The number of carbonyl (C=O) groups excluding carboxylic acids is 1. The van der Waals surface area contributed by atoms with Gasteiger partial charge in [-0.1, -0.05) is 18.2 Å². The van der Waals surface area contributed by atoms with E-state index in [1.54, 1.807) is 18.5 Å². The van der Waals surface area contributed by atoms with E-state index in [9.17, 15) is 18.0 Å². The Kier molecular flexibility index (Phi) is 6.47. The van der Waals surface area contributed by atoms with Gasteiger partial charge in [-0.15, -0.1) is 23.4 Å².